The van der Waals surface area contributed by atoms with E-state index in [2.05, 4.69) is 50.2 Å². The molecule has 0 N–H and O–H groups in total. The molecule has 4 aromatic rings. The second kappa shape index (κ2) is 4.51. The maximum absolute atomic E-state index is 4.85. The maximum Gasteiger partial charge on any atom is 0.112 e. The summed E-state index contributed by atoms with van der Waals surface area (Å²) >= 11 is 5.22. The third-order valence-corrected chi connectivity index (χ3v) is 5.37. The molecule has 0 bridgehead atoms. The standard InChI is InChI=1S/C17H8BrN3S/c18-9-3-4-12-11(8-9)10-5-7-20-16-14(10)17(21-12)22-13-2-1-6-19-15(13)16/h1-8H. The third kappa shape index (κ3) is 1.66. The summed E-state index contributed by atoms with van der Waals surface area (Å²) in [5.41, 5.74) is 2.88. The van der Waals surface area contributed by atoms with Crippen LogP contribution in [0, 0.1) is 0 Å². The van der Waals surface area contributed by atoms with Crippen molar-refractivity contribution in [1.82, 2.24) is 15.0 Å². The summed E-state index contributed by atoms with van der Waals surface area (Å²) in [6.07, 6.45) is 3.67. The van der Waals surface area contributed by atoms with E-state index in [1.807, 2.05) is 24.5 Å². The van der Waals surface area contributed by atoms with Crippen LogP contribution in [0.1, 0.15) is 0 Å². The Morgan fingerprint density at radius 3 is 2.77 bits per heavy atom. The van der Waals surface area contributed by atoms with E-state index in [9.17, 15) is 0 Å². The lowest BCUT2D eigenvalue weighted by Crippen LogP contribution is -1.99. The summed E-state index contributed by atoms with van der Waals surface area (Å²) in [5.74, 6) is 0. The molecule has 5 rings (SSSR count). The lowest BCUT2D eigenvalue weighted by Gasteiger charge is -2.18. The highest BCUT2D eigenvalue weighted by atomic mass is 79.9. The minimum Gasteiger partial charge on any atom is -0.254 e. The fourth-order valence-corrected chi connectivity index (χ4v) is 4.31. The van der Waals surface area contributed by atoms with Gasteiger partial charge >= 0.3 is 0 Å². The predicted molar refractivity (Wildman–Crippen MR) is 92.1 cm³/mol. The second-order valence-corrected chi connectivity index (χ2v) is 7.06. The van der Waals surface area contributed by atoms with E-state index in [0.29, 0.717) is 0 Å². The molecule has 0 saturated carbocycles. The number of benzene rings is 1. The first-order valence-corrected chi connectivity index (χ1v) is 8.43. The highest BCUT2D eigenvalue weighted by molar-refractivity contribution is 9.10. The Morgan fingerprint density at radius 1 is 0.909 bits per heavy atom. The van der Waals surface area contributed by atoms with Gasteiger partial charge in [0.15, 0.2) is 0 Å². The molecule has 3 aromatic heterocycles. The molecule has 1 aliphatic rings. The van der Waals surface area contributed by atoms with Gasteiger partial charge in [-0.25, -0.2) is 4.98 Å². The highest BCUT2D eigenvalue weighted by Crippen LogP contribution is 2.46. The van der Waals surface area contributed by atoms with Gasteiger partial charge in [0.25, 0.3) is 0 Å². The van der Waals surface area contributed by atoms with Crippen LogP contribution in [0.2, 0.25) is 0 Å². The molecule has 1 aliphatic heterocycles. The summed E-state index contributed by atoms with van der Waals surface area (Å²) in [4.78, 5) is 15.1. The number of hydrogen-bond donors (Lipinski definition) is 0. The van der Waals surface area contributed by atoms with Crippen molar-refractivity contribution in [3.63, 3.8) is 0 Å². The fraction of sp³-hybridized carbons (Fsp3) is 0. The quantitative estimate of drug-likeness (QED) is 0.359. The smallest absolute Gasteiger partial charge is 0.112 e. The van der Waals surface area contributed by atoms with Crippen LogP contribution in [0.5, 0.6) is 0 Å². The molecule has 0 radical (unpaired) electrons. The Balaban J connectivity index is 2.02. The average molecular weight is 366 g/mol. The molecule has 22 heavy (non-hydrogen) atoms. The van der Waals surface area contributed by atoms with Gasteiger partial charge in [-0.2, -0.15) is 0 Å². The number of aromatic nitrogens is 3. The zero-order chi connectivity index (χ0) is 14.7. The van der Waals surface area contributed by atoms with Gasteiger partial charge in [-0.15, -0.1) is 0 Å². The molecule has 5 heteroatoms. The number of fused-ring (bicyclic) bond motifs is 4. The molecule has 0 unspecified atom stereocenters. The third-order valence-electron chi connectivity index (χ3n) is 3.84. The number of hydrogen-bond acceptors (Lipinski definition) is 4. The van der Waals surface area contributed by atoms with Crippen LogP contribution in [0.3, 0.4) is 0 Å². The van der Waals surface area contributed by atoms with E-state index >= 15 is 0 Å². The maximum atomic E-state index is 4.85. The van der Waals surface area contributed by atoms with Crippen molar-refractivity contribution in [2.75, 3.05) is 0 Å². The molecular weight excluding hydrogens is 358 g/mol. The van der Waals surface area contributed by atoms with E-state index < -0.39 is 0 Å². The average Bonchev–Trinajstić information content (AvgIpc) is 2.56. The number of nitrogens with zero attached hydrogens (tertiary/aromatic N) is 3. The minimum absolute atomic E-state index is 0.927. The Morgan fingerprint density at radius 2 is 1.82 bits per heavy atom. The molecule has 0 atom stereocenters. The first-order chi connectivity index (χ1) is 10.8. The molecule has 3 nitrogen and oxygen atoms in total. The first-order valence-electron chi connectivity index (χ1n) is 6.82. The van der Waals surface area contributed by atoms with Crippen molar-refractivity contribution >= 4 is 49.4 Å². The van der Waals surface area contributed by atoms with Gasteiger partial charge in [-0.1, -0.05) is 27.7 Å². The number of pyridine rings is 3. The number of halogens is 1. The summed E-state index contributed by atoms with van der Waals surface area (Å²) in [6.45, 7) is 0. The molecule has 0 fully saturated rings. The van der Waals surface area contributed by atoms with Crippen molar-refractivity contribution in [3.8, 4) is 11.4 Å². The van der Waals surface area contributed by atoms with E-state index in [0.717, 1.165) is 42.1 Å². The topological polar surface area (TPSA) is 38.7 Å². The second-order valence-electron chi connectivity index (χ2n) is 5.11. The molecule has 0 aliphatic carbocycles. The summed E-state index contributed by atoms with van der Waals surface area (Å²) in [5, 5.41) is 4.42. The molecular formula is C17H8BrN3S. The van der Waals surface area contributed by atoms with Crippen molar-refractivity contribution in [3.05, 3.63) is 53.3 Å². The summed E-state index contributed by atoms with van der Waals surface area (Å²) in [6, 6.07) is 12.3. The van der Waals surface area contributed by atoms with Gasteiger partial charge in [0, 0.05) is 32.5 Å². The monoisotopic (exact) mass is 365 g/mol. The van der Waals surface area contributed by atoms with Crippen molar-refractivity contribution in [2.24, 2.45) is 0 Å². The molecule has 0 spiro atoms. The van der Waals surface area contributed by atoms with E-state index in [1.165, 1.54) is 5.39 Å². The van der Waals surface area contributed by atoms with Gasteiger partial charge in [0.05, 0.1) is 5.52 Å². The summed E-state index contributed by atoms with van der Waals surface area (Å²) < 4.78 is 1.05. The lowest BCUT2D eigenvalue weighted by atomic mass is 10.0. The predicted octanol–water partition coefficient (Wildman–Crippen LogP) is 5.07. The van der Waals surface area contributed by atoms with Crippen molar-refractivity contribution in [1.29, 1.82) is 0 Å². The largest absolute Gasteiger partial charge is 0.254 e. The van der Waals surface area contributed by atoms with Crippen LogP contribution < -0.4 is 0 Å². The molecule has 4 heterocycles. The molecule has 0 saturated heterocycles. The van der Waals surface area contributed by atoms with Gasteiger partial charge < -0.3 is 0 Å². The van der Waals surface area contributed by atoms with Crippen LogP contribution >= 0.6 is 27.7 Å². The Hall–Kier alpha value is -1.98. The van der Waals surface area contributed by atoms with Gasteiger partial charge in [-0.05, 0) is 41.8 Å². The minimum atomic E-state index is 0.927. The lowest BCUT2D eigenvalue weighted by molar-refractivity contribution is 1.15. The van der Waals surface area contributed by atoms with Crippen LogP contribution in [-0.2, 0) is 0 Å². The highest BCUT2D eigenvalue weighted by Gasteiger charge is 2.23. The Labute approximate surface area is 138 Å². The van der Waals surface area contributed by atoms with E-state index in [-0.39, 0.29) is 0 Å². The SMILES string of the molecule is Brc1ccc2nc3c4c(nccc4c2c1)-c1ncccc1S3. The molecule has 1 aromatic carbocycles. The van der Waals surface area contributed by atoms with Crippen molar-refractivity contribution in [2.45, 2.75) is 9.92 Å². The van der Waals surface area contributed by atoms with Crippen molar-refractivity contribution < 1.29 is 0 Å². The zero-order valence-corrected chi connectivity index (χ0v) is 13.6. The fourth-order valence-electron chi connectivity index (χ4n) is 2.90. The Kier molecular flexibility index (Phi) is 2.57. The van der Waals surface area contributed by atoms with Crippen LogP contribution in [-0.4, -0.2) is 15.0 Å². The number of rotatable bonds is 0. The summed E-state index contributed by atoms with van der Waals surface area (Å²) in [7, 11) is 0. The first kappa shape index (κ1) is 12.6. The normalized spacial score (nSPS) is 12.6. The Bertz CT molecular complexity index is 1080. The van der Waals surface area contributed by atoms with Crippen LogP contribution in [0.15, 0.2) is 63.2 Å². The molecule has 0 amide bonds. The molecule has 104 valence electrons. The van der Waals surface area contributed by atoms with E-state index in [4.69, 9.17) is 4.98 Å². The van der Waals surface area contributed by atoms with Crippen LogP contribution in [0.25, 0.3) is 33.1 Å². The zero-order valence-electron chi connectivity index (χ0n) is 11.2. The van der Waals surface area contributed by atoms with Gasteiger partial charge in [0.2, 0.25) is 0 Å². The van der Waals surface area contributed by atoms with Gasteiger partial charge in [0.1, 0.15) is 16.4 Å². The van der Waals surface area contributed by atoms with Crippen LogP contribution in [0.4, 0.5) is 0 Å². The van der Waals surface area contributed by atoms with Gasteiger partial charge in [-0.3, -0.25) is 9.97 Å². The van der Waals surface area contributed by atoms with E-state index in [1.54, 1.807) is 11.8 Å².